The highest BCUT2D eigenvalue weighted by Gasteiger charge is 2.17. The molecular weight excluding hydrogens is 335 g/mol. The fraction of sp³-hybridized carbons (Fsp3) is 0.250. The van der Waals surface area contributed by atoms with Crippen molar-refractivity contribution < 1.29 is 18.9 Å². The van der Waals surface area contributed by atoms with E-state index in [0.717, 1.165) is 21.9 Å². The van der Waals surface area contributed by atoms with E-state index in [-0.39, 0.29) is 24.3 Å². The van der Waals surface area contributed by atoms with Crippen molar-refractivity contribution >= 4 is 34.4 Å². The molecule has 0 saturated carbocycles. The van der Waals surface area contributed by atoms with Crippen LogP contribution in [0.3, 0.4) is 0 Å². The summed E-state index contributed by atoms with van der Waals surface area (Å²) in [5.41, 5.74) is 0.0130. The second kappa shape index (κ2) is 7.31. The van der Waals surface area contributed by atoms with Crippen LogP contribution in [0.1, 0.15) is 33.0 Å². The summed E-state index contributed by atoms with van der Waals surface area (Å²) < 4.78 is 13.2. The van der Waals surface area contributed by atoms with E-state index >= 15 is 0 Å². The summed E-state index contributed by atoms with van der Waals surface area (Å²) in [5.74, 6) is -1.57. The van der Waals surface area contributed by atoms with Crippen LogP contribution < -0.4 is 5.32 Å². The van der Waals surface area contributed by atoms with Crippen molar-refractivity contribution in [2.75, 3.05) is 5.32 Å². The van der Waals surface area contributed by atoms with E-state index in [4.69, 9.17) is 0 Å². The van der Waals surface area contributed by atoms with Gasteiger partial charge in [0.2, 0.25) is 11.7 Å². The van der Waals surface area contributed by atoms with Crippen LogP contribution >= 0.6 is 11.3 Å². The Labute approximate surface area is 141 Å². The van der Waals surface area contributed by atoms with Gasteiger partial charge in [-0.2, -0.15) is 4.39 Å². The van der Waals surface area contributed by atoms with Crippen LogP contribution in [0.5, 0.6) is 0 Å². The lowest BCUT2D eigenvalue weighted by Crippen LogP contribution is -2.14. The minimum absolute atomic E-state index is 0.0339. The number of nitro benzene ring substituents is 1. The van der Waals surface area contributed by atoms with Gasteiger partial charge >= 0.3 is 5.69 Å². The third-order valence-electron chi connectivity index (χ3n) is 3.35. The largest absolute Gasteiger partial charge is 0.326 e. The molecule has 1 aromatic heterocycles. The molecule has 0 fully saturated rings. The number of benzene rings is 1. The number of Topliss-reactive ketones (excluding diaryl/α,β-unsaturated/α-hetero) is 1. The predicted molar refractivity (Wildman–Crippen MR) is 89.0 cm³/mol. The van der Waals surface area contributed by atoms with E-state index in [1.807, 2.05) is 13.8 Å². The topological polar surface area (TPSA) is 89.3 Å². The molecule has 0 radical (unpaired) electrons. The second-order valence-corrected chi connectivity index (χ2v) is 6.68. The van der Waals surface area contributed by atoms with Crippen LogP contribution in [0.4, 0.5) is 15.8 Å². The average molecular weight is 350 g/mol. The molecule has 1 amide bonds. The standard InChI is InChI=1S/C16H15FN2O4S/c1-9-7-12(10(2)24-9)15(20)5-6-16(21)18-11-3-4-13(17)14(8-11)19(22)23/h3-4,7-8H,5-6H2,1-2H3,(H,18,21). The Kier molecular flexibility index (Phi) is 5.40. The van der Waals surface area contributed by atoms with E-state index in [2.05, 4.69) is 5.32 Å². The van der Waals surface area contributed by atoms with Gasteiger partial charge in [0.1, 0.15) is 0 Å². The molecule has 0 bridgehead atoms. The number of aryl methyl sites for hydroxylation is 2. The summed E-state index contributed by atoms with van der Waals surface area (Å²) in [6.45, 7) is 3.76. The first-order valence-corrected chi connectivity index (χ1v) is 7.93. The zero-order chi connectivity index (χ0) is 17.9. The van der Waals surface area contributed by atoms with Gasteiger partial charge in [-0.05, 0) is 32.0 Å². The van der Waals surface area contributed by atoms with E-state index in [1.165, 1.54) is 17.4 Å². The lowest BCUT2D eigenvalue weighted by atomic mass is 10.1. The zero-order valence-corrected chi connectivity index (χ0v) is 13.9. The molecule has 126 valence electrons. The molecular formula is C16H15FN2O4S. The molecule has 1 heterocycles. The summed E-state index contributed by atoms with van der Waals surface area (Å²) in [4.78, 5) is 35.7. The van der Waals surface area contributed by atoms with Crippen LogP contribution in [0.25, 0.3) is 0 Å². The molecule has 0 atom stereocenters. The third kappa shape index (κ3) is 4.23. The molecule has 2 rings (SSSR count). The fourth-order valence-electron chi connectivity index (χ4n) is 2.22. The lowest BCUT2D eigenvalue weighted by molar-refractivity contribution is -0.387. The van der Waals surface area contributed by atoms with Gasteiger partial charge in [0.05, 0.1) is 4.92 Å². The van der Waals surface area contributed by atoms with Crippen LogP contribution in [0.15, 0.2) is 24.3 Å². The number of rotatable bonds is 6. The van der Waals surface area contributed by atoms with Crippen molar-refractivity contribution in [2.45, 2.75) is 26.7 Å². The van der Waals surface area contributed by atoms with Crippen LogP contribution in [-0.4, -0.2) is 16.6 Å². The van der Waals surface area contributed by atoms with Gasteiger partial charge in [0.25, 0.3) is 0 Å². The Balaban J connectivity index is 1.96. The summed E-state index contributed by atoms with van der Waals surface area (Å²) in [6, 6.07) is 4.88. The molecule has 1 N–H and O–H groups in total. The maximum Gasteiger partial charge on any atom is 0.306 e. The van der Waals surface area contributed by atoms with Gasteiger partial charge < -0.3 is 5.32 Å². The van der Waals surface area contributed by atoms with Crippen molar-refractivity contribution in [3.63, 3.8) is 0 Å². The van der Waals surface area contributed by atoms with Crippen molar-refractivity contribution in [2.24, 2.45) is 0 Å². The molecule has 0 saturated heterocycles. The Morgan fingerprint density at radius 2 is 1.96 bits per heavy atom. The molecule has 0 aliphatic carbocycles. The number of thiophene rings is 1. The number of carbonyl (C=O) groups is 2. The Hall–Kier alpha value is -2.61. The number of anilines is 1. The Bertz CT molecular complexity index is 816. The predicted octanol–water partition coefficient (Wildman–Crippen LogP) is 4.01. The number of hydrogen-bond acceptors (Lipinski definition) is 5. The van der Waals surface area contributed by atoms with E-state index in [0.29, 0.717) is 5.56 Å². The number of hydrogen-bond donors (Lipinski definition) is 1. The smallest absolute Gasteiger partial charge is 0.306 e. The molecule has 0 aliphatic heterocycles. The number of nitro groups is 1. The lowest BCUT2D eigenvalue weighted by Gasteiger charge is -2.05. The SMILES string of the molecule is Cc1cc(C(=O)CCC(=O)Nc2ccc(F)c([N+](=O)[O-])c2)c(C)s1. The molecule has 0 aliphatic rings. The van der Waals surface area contributed by atoms with Gasteiger partial charge in [-0.1, -0.05) is 0 Å². The quantitative estimate of drug-likeness (QED) is 0.484. The van der Waals surface area contributed by atoms with Gasteiger partial charge in [0.15, 0.2) is 5.78 Å². The van der Waals surface area contributed by atoms with Gasteiger partial charge in [-0.15, -0.1) is 11.3 Å². The van der Waals surface area contributed by atoms with E-state index in [1.54, 1.807) is 6.07 Å². The minimum Gasteiger partial charge on any atom is -0.326 e. The molecule has 0 unspecified atom stereocenters. The first-order chi connectivity index (χ1) is 11.3. The highest BCUT2D eigenvalue weighted by Crippen LogP contribution is 2.23. The van der Waals surface area contributed by atoms with Crippen molar-refractivity contribution in [1.29, 1.82) is 0 Å². The molecule has 0 spiro atoms. The van der Waals surface area contributed by atoms with E-state index in [9.17, 15) is 24.1 Å². The second-order valence-electron chi connectivity index (χ2n) is 5.22. The fourth-order valence-corrected chi connectivity index (χ4v) is 3.17. The number of amides is 1. The summed E-state index contributed by atoms with van der Waals surface area (Å²) in [5, 5.41) is 13.1. The normalized spacial score (nSPS) is 10.5. The Morgan fingerprint density at radius 3 is 2.54 bits per heavy atom. The van der Waals surface area contributed by atoms with Gasteiger partial charge in [-0.25, -0.2) is 0 Å². The van der Waals surface area contributed by atoms with Crippen LogP contribution in [-0.2, 0) is 4.79 Å². The van der Waals surface area contributed by atoms with Crippen LogP contribution in [0, 0.1) is 29.8 Å². The molecule has 2 aromatic rings. The van der Waals surface area contributed by atoms with E-state index < -0.39 is 22.3 Å². The number of nitrogens with one attached hydrogen (secondary N) is 1. The number of ketones is 1. The Morgan fingerprint density at radius 1 is 1.25 bits per heavy atom. The van der Waals surface area contributed by atoms with Crippen LogP contribution in [0.2, 0.25) is 0 Å². The van der Waals surface area contributed by atoms with Crippen molar-refractivity contribution in [3.05, 3.63) is 55.5 Å². The number of halogens is 1. The number of nitrogens with zero attached hydrogens (tertiary/aromatic N) is 1. The monoisotopic (exact) mass is 350 g/mol. The maximum absolute atomic E-state index is 13.2. The van der Waals surface area contributed by atoms with Crippen molar-refractivity contribution in [1.82, 2.24) is 0 Å². The first-order valence-electron chi connectivity index (χ1n) is 7.12. The van der Waals surface area contributed by atoms with Gasteiger partial charge in [-0.3, -0.25) is 19.7 Å². The molecule has 1 aromatic carbocycles. The third-order valence-corrected chi connectivity index (χ3v) is 4.31. The molecule has 24 heavy (non-hydrogen) atoms. The number of carbonyl (C=O) groups excluding carboxylic acids is 2. The minimum atomic E-state index is -0.975. The molecule has 8 heteroatoms. The molecule has 6 nitrogen and oxygen atoms in total. The first kappa shape index (κ1) is 17.7. The highest BCUT2D eigenvalue weighted by molar-refractivity contribution is 7.12. The summed E-state index contributed by atoms with van der Waals surface area (Å²) in [7, 11) is 0. The van der Waals surface area contributed by atoms with Crippen molar-refractivity contribution in [3.8, 4) is 0 Å². The summed E-state index contributed by atoms with van der Waals surface area (Å²) in [6.07, 6.45) is -0.0233. The van der Waals surface area contributed by atoms with Gasteiger partial charge in [0, 0.05) is 39.9 Å². The highest BCUT2D eigenvalue weighted by atomic mass is 32.1. The average Bonchev–Trinajstić information content (AvgIpc) is 2.85. The maximum atomic E-state index is 13.2. The summed E-state index contributed by atoms with van der Waals surface area (Å²) >= 11 is 1.52. The zero-order valence-electron chi connectivity index (χ0n) is 13.1.